The molecular formula is C23H22F4N4O2S. The molecule has 2 heterocycles. The number of halogens is 4. The number of sulfonamides is 1. The van der Waals surface area contributed by atoms with Crippen molar-refractivity contribution in [2.75, 3.05) is 0 Å². The van der Waals surface area contributed by atoms with E-state index in [0.717, 1.165) is 44.4 Å². The minimum atomic E-state index is -4.74. The molecule has 1 unspecified atom stereocenters. The van der Waals surface area contributed by atoms with E-state index >= 15 is 0 Å². The normalized spacial score (nSPS) is 16.5. The van der Waals surface area contributed by atoms with Crippen molar-refractivity contribution < 1.29 is 26.0 Å². The van der Waals surface area contributed by atoms with Crippen molar-refractivity contribution in [3.8, 4) is 17.5 Å². The summed E-state index contributed by atoms with van der Waals surface area (Å²) < 4.78 is 80.9. The van der Waals surface area contributed by atoms with Crippen LogP contribution < -0.4 is 4.72 Å². The molecule has 4 rings (SSSR count). The third kappa shape index (κ3) is 4.52. The second-order valence-electron chi connectivity index (χ2n) is 8.42. The minimum absolute atomic E-state index is 0.00895. The predicted octanol–water partition coefficient (Wildman–Crippen LogP) is 5.45. The maximum atomic E-state index is 14.1. The van der Waals surface area contributed by atoms with Crippen LogP contribution in [0, 0.1) is 17.1 Å². The number of nitrogens with one attached hydrogen (secondary N) is 1. The lowest BCUT2D eigenvalue weighted by atomic mass is 9.95. The van der Waals surface area contributed by atoms with E-state index in [4.69, 9.17) is 0 Å². The Morgan fingerprint density at radius 2 is 1.88 bits per heavy atom. The molecule has 0 saturated heterocycles. The first-order valence-corrected chi connectivity index (χ1v) is 12.3. The highest BCUT2D eigenvalue weighted by molar-refractivity contribution is 7.89. The van der Waals surface area contributed by atoms with Gasteiger partial charge in [0.1, 0.15) is 22.8 Å². The number of nitriles is 1. The van der Waals surface area contributed by atoms with Crippen LogP contribution in [0.25, 0.3) is 22.3 Å². The zero-order chi connectivity index (χ0) is 24.7. The van der Waals surface area contributed by atoms with E-state index in [9.17, 15) is 31.2 Å². The fourth-order valence-electron chi connectivity index (χ4n) is 4.41. The summed E-state index contributed by atoms with van der Waals surface area (Å²) in [5.41, 5.74) is 1.56. The molecule has 0 radical (unpaired) electrons. The van der Waals surface area contributed by atoms with Crippen LogP contribution in [0.1, 0.15) is 50.6 Å². The Bertz CT molecular complexity index is 1350. The smallest absolute Gasteiger partial charge is 0.335 e. The second-order valence-corrected chi connectivity index (χ2v) is 10.1. The van der Waals surface area contributed by atoms with Gasteiger partial charge in [0.15, 0.2) is 0 Å². The van der Waals surface area contributed by atoms with Gasteiger partial charge in [-0.3, -0.25) is 4.98 Å². The van der Waals surface area contributed by atoms with Crippen molar-refractivity contribution in [1.29, 1.82) is 5.26 Å². The fraction of sp³-hybridized carbons (Fsp3) is 0.391. The van der Waals surface area contributed by atoms with Gasteiger partial charge in [-0.2, -0.15) is 23.2 Å². The fourth-order valence-corrected chi connectivity index (χ4v) is 5.59. The number of benzene rings is 1. The summed E-state index contributed by atoms with van der Waals surface area (Å²) in [6.07, 6.45) is 0.944. The molecule has 6 nitrogen and oxygen atoms in total. The lowest BCUT2D eigenvalue weighted by Gasteiger charge is -2.26. The maximum Gasteiger partial charge on any atom is 0.404 e. The summed E-state index contributed by atoms with van der Waals surface area (Å²) >= 11 is 0. The van der Waals surface area contributed by atoms with Gasteiger partial charge < -0.3 is 4.57 Å². The van der Waals surface area contributed by atoms with E-state index in [-0.39, 0.29) is 17.3 Å². The van der Waals surface area contributed by atoms with E-state index < -0.39 is 33.0 Å². The molecule has 1 aliphatic rings. The molecule has 2 aromatic heterocycles. The van der Waals surface area contributed by atoms with Crippen molar-refractivity contribution in [1.82, 2.24) is 14.3 Å². The Morgan fingerprint density at radius 1 is 1.18 bits per heavy atom. The highest BCUT2D eigenvalue weighted by Gasteiger charge is 2.39. The summed E-state index contributed by atoms with van der Waals surface area (Å²) in [6, 6.07) is 6.59. The molecule has 11 heteroatoms. The molecule has 1 fully saturated rings. The average Bonchev–Trinajstić information content (AvgIpc) is 3.12. The minimum Gasteiger partial charge on any atom is -0.335 e. The summed E-state index contributed by atoms with van der Waals surface area (Å²) in [5.74, 6) is -0.447. The number of alkyl halides is 3. The van der Waals surface area contributed by atoms with Gasteiger partial charge in [-0.1, -0.05) is 19.3 Å². The number of pyridine rings is 1. The largest absolute Gasteiger partial charge is 0.404 e. The van der Waals surface area contributed by atoms with Gasteiger partial charge >= 0.3 is 6.18 Å². The van der Waals surface area contributed by atoms with Gasteiger partial charge in [0.2, 0.25) is 10.0 Å². The Labute approximate surface area is 194 Å². The SMILES string of the molecule is CC(NS(=O)(=O)c1ccc(-c2c(C#N)c3ccc(F)cc3n2C2CCCCC2)nc1)C(F)(F)F. The van der Waals surface area contributed by atoms with Crippen molar-refractivity contribution >= 4 is 20.9 Å². The first-order chi connectivity index (χ1) is 16.0. The van der Waals surface area contributed by atoms with Crippen LogP contribution in [0.4, 0.5) is 17.6 Å². The molecule has 0 aliphatic heterocycles. The first kappa shape index (κ1) is 24.2. The van der Waals surface area contributed by atoms with Crippen molar-refractivity contribution in [2.24, 2.45) is 0 Å². The third-order valence-electron chi connectivity index (χ3n) is 6.13. The number of nitrogens with zero attached hydrogens (tertiary/aromatic N) is 3. The Kier molecular flexibility index (Phi) is 6.40. The molecule has 1 N–H and O–H groups in total. The zero-order valence-corrected chi connectivity index (χ0v) is 19.0. The van der Waals surface area contributed by atoms with E-state index in [2.05, 4.69) is 11.1 Å². The number of aromatic nitrogens is 2. The zero-order valence-electron chi connectivity index (χ0n) is 18.2. The first-order valence-electron chi connectivity index (χ1n) is 10.8. The Morgan fingerprint density at radius 3 is 2.47 bits per heavy atom. The van der Waals surface area contributed by atoms with Crippen LogP contribution >= 0.6 is 0 Å². The van der Waals surface area contributed by atoms with Crippen molar-refractivity contribution in [2.45, 2.75) is 62.2 Å². The van der Waals surface area contributed by atoms with E-state index in [0.29, 0.717) is 23.5 Å². The summed E-state index contributed by atoms with van der Waals surface area (Å²) in [7, 11) is -4.47. The summed E-state index contributed by atoms with van der Waals surface area (Å²) in [4.78, 5) is 3.77. The van der Waals surface area contributed by atoms with Crippen LogP contribution in [0.2, 0.25) is 0 Å². The van der Waals surface area contributed by atoms with Crippen LogP contribution in [0.3, 0.4) is 0 Å². The lowest BCUT2D eigenvalue weighted by molar-refractivity contribution is -0.147. The standard InChI is InChI=1S/C23H22F4N4O2S/c1-14(23(25,26)27)30-34(32,33)17-8-10-20(29-13-17)22-19(12-28)18-9-7-15(24)11-21(18)31(22)16-5-3-2-4-6-16/h7-11,13-14,16,30H,2-6H2,1H3. The molecule has 0 bridgehead atoms. The molecule has 34 heavy (non-hydrogen) atoms. The van der Waals surface area contributed by atoms with Crippen LogP contribution in [0.5, 0.6) is 0 Å². The number of fused-ring (bicyclic) bond motifs is 1. The van der Waals surface area contributed by atoms with Crippen molar-refractivity contribution in [3.63, 3.8) is 0 Å². The van der Waals surface area contributed by atoms with E-state index in [1.54, 1.807) is 4.72 Å². The average molecular weight is 495 g/mol. The van der Waals surface area contributed by atoms with Crippen LogP contribution in [-0.4, -0.2) is 30.2 Å². The molecule has 0 amide bonds. The highest BCUT2D eigenvalue weighted by Crippen LogP contribution is 2.40. The monoisotopic (exact) mass is 494 g/mol. The number of hydrogen-bond donors (Lipinski definition) is 1. The summed E-state index contributed by atoms with van der Waals surface area (Å²) in [5, 5.41) is 10.5. The number of hydrogen-bond acceptors (Lipinski definition) is 4. The van der Waals surface area contributed by atoms with E-state index in [1.807, 2.05) is 4.57 Å². The molecule has 1 atom stereocenters. The summed E-state index contributed by atoms with van der Waals surface area (Å²) in [6.45, 7) is 0.709. The van der Waals surface area contributed by atoms with Gasteiger partial charge in [0, 0.05) is 17.6 Å². The Balaban J connectivity index is 1.82. The molecule has 3 aromatic rings. The maximum absolute atomic E-state index is 14.1. The van der Waals surface area contributed by atoms with Gasteiger partial charge in [-0.15, -0.1) is 0 Å². The third-order valence-corrected chi connectivity index (χ3v) is 7.66. The lowest BCUT2D eigenvalue weighted by Crippen LogP contribution is -2.42. The highest BCUT2D eigenvalue weighted by atomic mass is 32.2. The van der Waals surface area contributed by atoms with Crippen LogP contribution in [-0.2, 0) is 10.0 Å². The molecule has 1 aromatic carbocycles. The Hall–Kier alpha value is -2.97. The second kappa shape index (κ2) is 9.00. The van der Waals surface area contributed by atoms with Gasteiger partial charge in [-0.25, -0.2) is 12.8 Å². The van der Waals surface area contributed by atoms with Gasteiger partial charge in [-0.05, 0) is 50.1 Å². The van der Waals surface area contributed by atoms with Crippen molar-refractivity contribution in [3.05, 3.63) is 47.9 Å². The van der Waals surface area contributed by atoms with Gasteiger partial charge in [0.05, 0.1) is 22.5 Å². The molecule has 1 aliphatic carbocycles. The molecule has 0 spiro atoms. The molecule has 180 valence electrons. The number of rotatable bonds is 5. The predicted molar refractivity (Wildman–Crippen MR) is 118 cm³/mol. The van der Waals surface area contributed by atoms with Crippen LogP contribution in [0.15, 0.2) is 41.4 Å². The quantitative estimate of drug-likeness (QED) is 0.478. The molecular weight excluding hydrogens is 472 g/mol. The van der Waals surface area contributed by atoms with E-state index in [1.165, 1.54) is 24.3 Å². The molecule has 1 saturated carbocycles. The van der Waals surface area contributed by atoms with Gasteiger partial charge in [0.25, 0.3) is 0 Å². The topological polar surface area (TPSA) is 87.8 Å².